The van der Waals surface area contributed by atoms with E-state index in [1.165, 1.54) is 24.3 Å². The van der Waals surface area contributed by atoms with Crippen molar-refractivity contribution < 1.29 is 26.4 Å². The number of rotatable bonds is 4. The van der Waals surface area contributed by atoms with Gasteiger partial charge >= 0.3 is 6.18 Å². The van der Waals surface area contributed by atoms with Crippen LogP contribution in [0, 0.1) is 0 Å². The zero-order valence-electron chi connectivity index (χ0n) is 11.8. The minimum absolute atomic E-state index is 0.0447. The number of alkyl halides is 3. The number of thiophene rings is 1. The van der Waals surface area contributed by atoms with Crippen LogP contribution in [0.3, 0.4) is 0 Å². The molecule has 1 aromatic carbocycles. The first-order valence-corrected chi connectivity index (χ1v) is 9.02. The van der Waals surface area contributed by atoms with Gasteiger partial charge in [0.2, 0.25) is 0 Å². The Morgan fingerprint density at radius 3 is 2.22 bits per heavy atom. The standard InChI is InChI=1S/C14H12F3NO3S2/c1-23(20,21)12-7-6-11(22-12)13(19)18-8-9-2-4-10(5-3-9)14(15,16)17/h2-7H,8H2,1H3,(H,18,19). The van der Waals surface area contributed by atoms with Crippen LogP contribution in [-0.2, 0) is 22.6 Å². The smallest absolute Gasteiger partial charge is 0.347 e. The van der Waals surface area contributed by atoms with Gasteiger partial charge in [-0.25, -0.2) is 8.42 Å². The summed E-state index contributed by atoms with van der Waals surface area (Å²) in [7, 11) is -3.37. The van der Waals surface area contributed by atoms with E-state index >= 15 is 0 Å². The SMILES string of the molecule is CS(=O)(=O)c1ccc(C(=O)NCc2ccc(C(F)(F)F)cc2)s1. The van der Waals surface area contributed by atoms with Gasteiger partial charge in [0.1, 0.15) is 4.21 Å². The first kappa shape index (κ1) is 17.5. The predicted octanol–water partition coefficient (Wildman–Crippen LogP) is 3.10. The molecule has 0 spiro atoms. The van der Waals surface area contributed by atoms with Crippen molar-refractivity contribution in [1.29, 1.82) is 0 Å². The van der Waals surface area contributed by atoms with Gasteiger partial charge in [-0.2, -0.15) is 13.2 Å². The van der Waals surface area contributed by atoms with Crippen LogP contribution in [0.25, 0.3) is 0 Å². The van der Waals surface area contributed by atoms with Crippen LogP contribution >= 0.6 is 11.3 Å². The Morgan fingerprint density at radius 2 is 1.74 bits per heavy atom. The molecule has 0 fully saturated rings. The van der Waals surface area contributed by atoms with Crippen LogP contribution in [0.15, 0.2) is 40.6 Å². The summed E-state index contributed by atoms with van der Waals surface area (Å²) in [4.78, 5) is 12.1. The van der Waals surface area contributed by atoms with Crippen molar-refractivity contribution in [2.45, 2.75) is 16.9 Å². The first-order chi connectivity index (χ1) is 10.6. The van der Waals surface area contributed by atoms with Crippen molar-refractivity contribution >= 4 is 27.1 Å². The molecule has 0 aliphatic carbocycles. The largest absolute Gasteiger partial charge is 0.416 e. The molecule has 4 nitrogen and oxygen atoms in total. The molecule has 0 atom stereocenters. The van der Waals surface area contributed by atoms with Crippen LogP contribution in [-0.4, -0.2) is 20.6 Å². The van der Waals surface area contributed by atoms with Crippen molar-refractivity contribution in [2.24, 2.45) is 0 Å². The van der Waals surface area contributed by atoms with E-state index in [9.17, 15) is 26.4 Å². The zero-order chi connectivity index (χ0) is 17.3. The topological polar surface area (TPSA) is 63.2 Å². The summed E-state index contributed by atoms with van der Waals surface area (Å²) in [5.41, 5.74) is -0.255. The van der Waals surface area contributed by atoms with Crippen LogP contribution in [0.4, 0.5) is 13.2 Å². The van der Waals surface area contributed by atoms with Crippen LogP contribution in [0.1, 0.15) is 20.8 Å². The Bertz CT molecular complexity index is 809. The molecule has 0 aliphatic heterocycles. The summed E-state index contributed by atoms with van der Waals surface area (Å²) in [6.45, 7) is 0.0447. The second kappa shape index (κ2) is 6.32. The maximum atomic E-state index is 12.4. The Balaban J connectivity index is 2.01. The second-order valence-electron chi connectivity index (χ2n) is 4.77. The minimum Gasteiger partial charge on any atom is -0.347 e. The van der Waals surface area contributed by atoms with Crippen molar-refractivity contribution in [2.75, 3.05) is 6.26 Å². The van der Waals surface area contributed by atoms with Crippen LogP contribution < -0.4 is 5.32 Å². The van der Waals surface area contributed by atoms with Crippen molar-refractivity contribution in [3.63, 3.8) is 0 Å². The average Bonchev–Trinajstić information content (AvgIpc) is 2.94. The lowest BCUT2D eigenvalue weighted by molar-refractivity contribution is -0.137. The third-order valence-electron chi connectivity index (χ3n) is 2.90. The number of amides is 1. The lowest BCUT2D eigenvalue weighted by atomic mass is 10.1. The molecular formula is C14H12F3NO3S2. The number of halogens is 3. The molecule has 0 aliphatic rings. The summed E-state index contributed by atoms with van der Waals surface area (Å²) in [6.07, 6.45) is -3.36. The van der Waals surface area contributed by atoms with E-state index in [0.717, 1.165) is 29.7 Å². The van der Waals surface area contributed by atoms with Gasteiger partial charge in [-0.1, -0.05) is 12.1 Å². The number of sulfone groups is 1. The molecule has 124 valence electrons. The lowest BCUT2D eigenvalue weighted by Gasteiger charge is -2.08. The number of hydrogen-bond donors (Lipinski definition) is 1. The van der Waals surface area contributed by atoms with Crippen molar-refractivity contribution in [3.8, 4) is 0 Å². The molecule has 0 bridgehead atoms. The molecule has 1 heterocycles. The number of hydrogen-bond acceptors (Lipinski definition) is 4. The van der Waals surface area contributed by atoms with E-state index < -0.39 is 27.5 Å². The zero-order valence-corrected chi connectivity index (χ0v) is 13.5. The van der Waals surface area contributed by atoms with Gasteiger partial charge in [0.05, 0.1) is 10.4 Å². The number of carbonyl (C=O) groups excluding carboxylic acids is 1. The van der Waals surface area contributed by atoms with Crippen molar-refractivity contribution in [3.05, 3.63) is 52.4 Å². The Hall–Kier alpha value is -1.87. The van der Waals surface area contributed by atoms with E-state index in [4.69, 9.17) is 0 Å². The Morgan fingerprint density at radius 1 is 1.13 bits per heavy atom. The summed E-state index contributed by atoms with van der Waals surface area (Å²) in [5.74, 6) is -0.482. The molecule has 0 unspecified atom stereocenters. The average molecular weight is 363 g/mol. The van der Waals surface area contributed by atoms with Gasteiger partial charge in [-0.3, -0.25) is 4.79 Å². The molecule has 23 heavy (non-hydrogen) atoms. The summed E-state index contributed by atoms with van der Waals surface area (Å²) < 4.78 is 60.1. The van der Waals surface area contributed by atoms with Gasteiger partial charge in [-0.15, -0.1) is 11.3 Å². The van der Waals surface area contributed by atoms with Gasteiger partial charge in [-0.05, 0) is 29.8 Å². The third kappa shape index (κ3) is 4.55. The van der Waals surface area contributed by atoms with Crippen molar-refractivity contribution in [1.82, 2.24) is 5.32 Å². The second-order valence-corrected chi connectivity index (χ2v) is 8.09. The fraction of sp³-hybridized carbons (Fsp3) is 0.214. The van der Waals surface area contributed by atoms with Gasteiger partial charge in [0.15, 0.2) is 9.84 Å². The van der Waals surface area contributed by atoms with Gasteiger partial charge < -0.3 is 5.32 Å². The van der Waals surface area contributed by atoms with E-state index in [1.807, 2.05) is 0 Å². The maximum Gasteiger partial charge on any atom is 0.416 e. The third-order valence-corrected chi connectivity index (χ3v) is 5.81. The molecule has 1 aromatic heterocycles. The van der Waals surface area contributed by atoms with Gasteiger partial charge in [0.25, 0.3) is 5.91 Å². The van der Waals surface area contributed by atoms with Crippen LogP contribution in [0.5, 0.6) is 0 Å². The summed E-state index contributed by atoms with van der Waals surface area (Å²) in [6, 6.07) is 7.16. The van der Waals surface area contributed by atoms with E-state index in [-0.39, 0.29) is 15.6 Å². The number of carbonyl (C=O) groups is 1. The predicted molar refractivity (Wildman–Crippen MR) is 80.0 cm³/mol. The fourth-order valence-corrected chi connectivity index (χ4v) is 3.57. The summed E-state index contributed by atoms with van der Waals surface area (Å²) >= 11 is 0.840. The number of benzene rings is 1. The quantitative estimate of drug-likeness (QED) is 0.908. The van der Waals surface area contributed by atoms with Crippen LogP contribution in [0.2, 0.25) is 0 Å². The number of nitrogens with one attached hydrogen (secondary N) is 1. The normalized spacial score (nSPS) is 12.2. The Labute approximate surface area is 134 Å². The monoisotopic (exact) mass is 363 g/mol. The maximum absolute atomic E-state index is 12.4. The molecule has 1 N–H and O–H groups in total. The molecule has 1 amide bonds. The van der Waals surface area contributed by atoms with E-state index in [2.05, 4.69) is 5.32 Å². The highest BCUT2D eigenvalue weighted by Gasteiger charge is 2.29. The summed E-state index contributed by atoms with van der Waals surface area (Å²) in [5, 5.41) is 2.53. The first-order valence-electron chi connectivity index (χ1n) is 6.31. The highest BCUT2D eigenvalue weighted by molar-refractivity contribution is 7.92. The van der Waals surface area contributed by atoms with E-state index in [0.29, 0.717) is 5.56 Å². The molecule has 0 radical (unpaired) electrons. The highest BCUT2D eigenvalue weighted by atomic mass is 32.2. The lowest BCUT2D eigenvalue weighted by Crippen LogP contribution is -2.21. The Kier molecular flexibility index (Phi) is 4.81. The molecule has 2 rings (SSSR count). The minimum atomic E-state index is -4.40. The molecular weight excluding hydrogens is 351 g/mol. The van der Waals surface area contributed by atoms with E-state index in [1.54, 1.807) is 0 Å². The van der Waals surface area contributed by atoms with Gasteiger partial charge in [0, 0.05) is 12.8 Å². The fourth-order valence-electron chi connectivity index (χ4n) is 1.72. The molecule has 2 aromatic rings. The molecule has 0 saturated heterocycles. The molecule has 9 heteroatoms. The molecule has 0 saturated carbocycles. The highest BCUT2D eigenvalue weighted by Crippen LogP contribution is 2.29.